The third kappa shape index (κ3) is 1.74. The van der Waals surface area contributed by atoms with Gasteiger partial charge >= 0.3 is 0 Å². The second-order valence-electron chi connectivity index (χ2n) is 6.67. The second kappa shape index (κ2) is 4.73. The van der Waals surface area contributed by atoms with Crippen LogP contribution in [-0.2, 0) is 18.4 Å². The summed E-state index contributed by atoms with van der Waals surface area (Å²) in [4.78, 5) is 2.61. The lowest BCUT2D eigenvalue weighted by molar-refractivity contribution is 0.405. The van der Waals surface area contributed by atoms with Crippen LogP contribution in [0.1, 0.15) is 23.1 Å². The molecule has 5 rings (SSSR count). The van der Waals surface area contributed by atoms with E-state index >= 15 is 0 Å². The van der Waals surface area contributed by atoms with E-state index in [0.29, 0.717) is 0 Å². The summed E-state index contributed by atoms with van der Waals surface area (Å²) in [6, 6.07) is 28.9. The Bertz CT molecular complexity index is 868. The molecule has 2 aliphatic heterocycles. The smallest absolute Gasteiger partial charge is 0.0746 e. The van der Waals surface area contributed by atoms with Crippen LogP contribution in [0.15, 0.2) is 78.9 Å². The topological polar surface area (TPSA) is 3.24 Å². The molecule has 112 valence electrons. The lowest BCUT2D eigenvalue weighted by Crippen LogP contribution is -2.44. The highest BCUT2D eigenvalue weighted by molar-refractivity contribution is 5.77. The zero-order chi connectivity index (χ0) is 15.3. The van der Waals surface area contributed by atoms with Crippen molar-refractivity contribution in [2.75, 3.05) is 4.90 Å². The number of rotatable bonds is 1. The van der Waals surface area contributed by atoms with Gasteiger partial charge in [0.25, 0.3) is 0 Å². The largest absolute Gasteiger partial charge is 0.330 e. The van der Waals surface area contributed by atoms with Crippen molar-refractivity contribution in [3.8, 4) is 0 Å². The van der Waals surface area contributed by atoms with Crippen LogP contribution in [0.5, 0.6) is 0 Å². The molecule has 0 fully saturated rings. The monoisotopic (exact) mass is 297 g/mol. The quantitative estimate of drug-likeness (QED) is 0.595. The summed E-state index contributed by atoms with van der Waals surface area (Å²) in [5.41, 5.74) is 7.20. The van der Waals surface area contributed by atoms with Gasteiger partial charge in [0.05, 0.1) is 5.54 Å². The van der Waals surface area contributed by atoms with Crippen molar-refractivity contribution in [2.24, 2.45) is 0 Å². The van der Waals surface area contributed by atoms with Gasteiger partial charge < -0.3 is 4.90 Å². The highest BCUT2D eigenvalue weighted by atomic mass is 15.2. The maximum atomic E-state index is 2.61. The van der Waals surface area contributed by atoms with Crippen molar-refractivity contribution < 1.29 is 0 Å². The number of hydrogen-bond acceptors (Lipinski definition) is 1. The minimum atomic E-state index is 0.0688. The standard InChI is InChI=1S/C22H19N/c1-2-10-19(11-3-1)22-15-14-17-8-4-6-12-20(17)23(22)21-13-7-5-9-18(21)16-22/h1-13H,14-16H2. The molecule has 1 heteroatoms. The minimum Gasteiger partial charge on any atom is -0.330 e. The van der Waals surface area contributed by atoms with E-state index in [9.17, 15) is 0 Å². The van der Waals surface area contributed by atoms with Gasteiger partial charge in [-0.1, -0.05) is 66.7 Å². The van der Waals surface area contributed by atoms with Crippen molar-refractivity contribution in [1.82, 2.24) is 0 Å². The van der Waals surface area contributed by atoms with Crippen LogP contribution >= 0.6 is 0 Å². The third-order valence-electron chi connectivity index (χ3n) is 5.50. The fourth-order valence-corrected chi connectivity index (χ4v) is 4.47. The van der Waals surface area contributed by atoms with Gasteiger partial charge in [0, 0.05) is 17.8 Å². The first-order valence-corrected chi connectivity index (χ1v) is 8.40. The number of nitrogens with zero attached hydrogens (tertiary/aromatic N) is 1. The molecule has 0 aromatic heterocycles. The van der Waals surface area contributed by atoms with Gasteiger partial charge in [-0.05, 0) is 41.7 Å². The molecule has 2 aliphatic rings. The highest BCUT2D eigenvalue weighted by Crippen LogP contribution is 2.54. The average Bonchev–Trinajstić information content (AvgIpc) is 2.98. The first-order valence-electron chi connectivity index (χ1n) is 8.40. The van der Waals surface area contributed by atoms with Gasteiger partial charge in [0.1, 0.15) is 0 Å². The van der Waals surface area contributed by atoms with Crippen LogP contribution < -0.4 is 4.90 Å². The molecule has 0 saturated carbocycles. The van der Waals surface area contributed by atoms with Crippen molar-refractivity contribution >= 4 is 11.4 Å². The van der Waals surface area contributed by atoms with E-state index in [-0.39, 0.29) is 5.54 Å². The summed E-state index contributed by atoms with van der Waals surface area (Å²) in [6.07, 6.45) is 3.42. The van der Waals surface area contributed by atoms with Crippen LogP contribution in [0.4, 0.5) is 11.4 Å². The van der Waals surface area contributed by atoms with Crippen molar-refractivity contribution in [3.63, 3.8) is 0 Å². The van der Waals surface area contributed by atoms with E-state index in [1.165, 1.54) is 34.5 Å². The van der Waals surface area contributed by atoms with Gasteiger partial charge in [-0.25, -0.2) is 0 Å². The van der Waals surface area contributed by atoms with Gasteiger partial charge in [-0.15, -0.1) is 0 Å². The molecule has 1 unspecified atom stereocenters. The van der Waals surface area contributed by atoms with E-state index < -0.39 is 0 Å². The molecule has 3 aromatic rings. The molecule has 0 amide bonds. The lowest BCUT2D eigenvalue weighted by atomic mass is 9.78. The van der Waals surface area contributed by atoms with E-state index in [4.69, 9.17) is 0 Å². The summed E-state index contributed by atoms with van der Waals surface area (Å²) in [5.74, 6) is 0. The Morgan fingerprint density at radius 1 is 0.652 bits per heavy atom. The van der Waals surface area contributed by atoms with E-state index in [1.807, 2.05) is 0 Å². The first kappa shape index (κ1) is 13.0. The summed E-state index contributed by atoms with van der Waals surface area (Å²) < 4.78 is 0. The normalized spacial score (nSPS) is 21.5. The Balaban J connectivity index is 1.79. The van der Waals surface area contributed by atoms with E-state index in [2.05, 4.69) is 83.8 Å². The minimum absolute atomic E-state index is 0.0688. The number of hydrogen-bond donors (Lipinski definition) is 0. The first-order chi connectivity index (χ1) is 11.4. The van der Waals surface area contributed by atoms with Gasteiger partial charge in [-0.3, -0.25) is 0 Å². The molecule has 0 spiro atoms. The number of aryl methyl sites for hydroxylation is 1. The Morgan fingerprint density at radius 3 is 2.04 bits per heavy atom. The Morgan fingerprint density at radius 2 is 1.26 bits per heavy atom. The summed E-state index contributed by atoms with van der Waals surface area (Å²) in [5, 5.41) is 0. The Hall–Kier alpha value is -2.54. The van der Waals surface area contributed by atoms with E-state index in [0.717, 1.165) is 12.8 Å². The Labute approximate surface area is 137 Å². The Kier molecular flexibility index (Phi) is 2.66. The zero-order valence-corrected chi connectivity index (χ0v) is 13.1. The molecule has 2 heterocycles. The molecule has 3 aromatic carbocycles. The molecule has 0 aliphatic carbocycles. The van der Waals surface area contributed by atoms with Gasteiger partial charge in [0.2, 0.25) is 0 Å². The van der Waals surface area contributed by atoms with Crippen LogP contribution in [0, 0.1) is 0 Å². The molecule has 1 atom stereocenters. The fourth-order valence-electron chi connectivity index (χ4n) is 4.47. The molecule has 0 bridgehead atoms. The van der Waals surface area contributed by atoms with E-state index in [1.54, 1.807) is 0 Å². The maximum Gasteiger partial charge on any atom is 0.0746 e. The van der Waals surface area contributed by atoms with Crippen molar-refractivity contribution in [3.05, 3.63) is 95.6 Å². The number of para-hydroxylation sites is 2. The predicted molar refractivity (Wildman–Crippen MR) is 95.2 cm³/mol. The molecule has 1 nitrogen and oxygen atoms in total. The SMILES string of the molecule is c1ccc(C23CCc4ccccc4N2c2ccccc2C3)cc1. The number of benzene rings is 3. The molecule has 0 saturated heterocycles. The third-order valence-corrected chi connectivity index (χ3v) is 5.50. The van der Waals surface area contributed by atoms with Crippen molar-refractivity contribution in [1.29, 1.82) is 0 Å². The zero-order valence-electron chi connectivity index (χ0n) is 13.1. The molecule has 0 radical (unpaired) electrons. The highest BCUT2D eigenvalue weighted by Gasteiger charge is 2.47. The predicted octanol–water partition coefficient (Wildman–Crippen LogP) is 5.22. The number of anilines is 2. The summed E-state index contributed by atoms with van der Waals surface area (Å²) in [6.45, 7) is 0. The van der Waals surface area contributed by atoms with Crippen molar-refractivity contribution in [2.45, 2.75) is 24.8 Å². The fraction of sp³-hybridized carbons (Fsp3) is 0.182. The van der Waals surface area contributed by atoms with Crippen LogP contribution in [-0.4, -0.2) is 0 Å². The maximum absolute atomic E-state index is 2.61. The summed E-state index contributed by atoms with van der Waals surface area (Å²) in [7, 11) is 0. The average molecular weight is 297 g/mol. The van der Waals surface area contributed by atoms with Crippen LogP contribution in [0.2, 0.25) is 0 Å². The van der Waals surface area contributed by atoms with Crippen LogP contribution in [0.3, 0.4) is 0 Å². The summed E-state index contributed by atoms with van der Waals surface area (Å²) >= 11 is 0. The second-order valence-corrected chi connectivity index (χ2v) is 6.67. The molecular formula is C22H19N. The molecule has 23 heavy (non-hydrogen) atoms. The molecular weight excluding hydrogens is 278 g/mol. The lowest BCUT2D eigenvalue weighted by Gasteiger charge is -2.45. The molecule has 0 N–H and O–H groups in total. The van der Waals surface area contributed by atoms with Gasteiger partial charge in [0.15, 0.2) is 0 Å². The van der Waals surface area contributed by atoms with Gasteiger partial charge in [-0.2, -0.15) is 0 Å². The number of fused-ring (bicyclic) bond motifs is 5. The van der Waals surface area contributed by atoms with Crippen LogP contribution in [0.25, 0.3) is 0 Å².